The number of allylic oxidation sites excluding steroid dienone is 4. The van der Waals surface area contributed by atoms with Gasteiger partial charge in [-0.05, 0) is 47.3 Å². The minimum absolute atomic E-state index is 0.0432. The highest BCUT2D eigenvalue weighted by atomic mass is 35.5. The van der Waals surface area contributed by atoms with Crippen molar-refractivity contribution in [2.24, 2.45) is 28.4 Å². The molecule has 0 saturated heterocycles. The third-order valence-electron chi connectivity index (χ3n) is 6.34. The van der Waals surface area contributed by atoms with Crippen molar-refractivity contribution in [3.05, 3.63) is 57.8 Å². The molecule has 0 radical (unpaired) electrons. The van der Waals surface area contributed by atoms with Gasteiger partial charge in [0.25, 0.3) is 0 Å². The molecular formula is C23H23ClN4. The Balaban J connectivity index is 2.33. The Bertz CT molecular complexity index is 977. The van der Waals surface area contributed by atoms with E-state index in [9.17, 15) is 15.8 Å². The van der Waals surface area contributed by atoms with E-state index in [1.54, 1.807) is 6.07 Å². The molecular weight excluding hydrogens is 368 g/mol. The molecule has 2 aliphatic rings. The van der Waals surface area contributed by atoms with Gasteiger partial charge in [0.15, 0.2) is 5.41 Å². The maximum Gasteiger partial charge on any atom is 0.191 e. The first-order valence-electron chi connectivity index (χ1n) is 9.39. The zero-order chi connectivity index (χ0) is 20.7. The van der Waals surface area contributed by atoms with E-state index >= 15 is 0 Å². The molecule has 0 heterocycles. The minimum atomic E-state index is -1.63. The van der Waals surface area contributed by atoms with E-state index in [4.69, 9.17) is 17.3 Å². The first kappa shape index (κ1) is 20.0. The molecule has 0 fully saturated rings. The zero-order valence-corrected chi connectivity index (χ0v) is 17.1. The number of nitrogens with two attached hydrogens (primary N) is 1. The smallest absolute Gasteiger partial charge is 0.191 e. The number of fused-ring (bicyclic) bond motifs is 1. The van der Waals surface area contributed by atoms with Gasteiger partial charge in [0.05, 0.1) is 23.4 Å². The van der Waals surface area contributed by atoms with Gasteiger partial charge in [-0.15, -0.1) is 0 Å². The maximum absolute atomic E-state index is 10.1. The van der Waals surface area contributed by atoms with Crippen molar-refractivity contribution in [3.8, 4) is 18.2 Å². The second kappa shape index (κ2) is 7.01. The van der Waals surface area contributed by atoms with Gasteiger partial charge in [-0.3, -0.25) is 0 Å². The maximum atomic E-state index is 10.1. The number of benzene rings is 1. The first-order chi connectivity index (χ1) is 13.2. The lowest BCUT2D eigenvalue weighted by Gasteiger charge is -2.47. The van der Waals surface area contributed by atoms with Crippen molar-refractivity contribution in [1.82, 2.24) is 0 Å². The number of nitrogens with zero attached hydrogens (tertiary/aromatic N) is 3. The van der Waals surface area contributed by atoms with Crippen LogP contribution in [-0.2, 0) is 0 Å². The summed E-state index contributed by atoms with van der Waals surface area (Å²) in [7, 11) is 0. The Morgan fingerprint density at radius 1 is 1.14 bits per heavy atom. The van der Waals surface area contributed by atoms with Gasteiger partial charge >= 0.3 is 0 Å². The van der Waals surface area contributed by atoms with Gasteiger partial charge in [0.2, 0.25) is 0 Å². The Kier molecular flexibility index (Phi) is 5.01. The van der Waals surface area contributed by atoms with Crippen LogP contribution in [0.15, 0.2) is 47.2 Å². The fourth-order valence-electron chi connectivity index (χ4n) is 4.67. The van der Waals surface area contributed by atoms with Crippen molar-refractivity contribution >= 4 is 11.6 Å². The Morgan fingerprint density at radius 3 is 2.32 bits per heavy atom. The van der Waals surface area contributed by atoms with E-state index in [0.717, 1.165) is 24.0 Å². The first-order valence-corrected chi connectivity index (χ1v) is 9.76. The Hall–Kier alpha value is -2.74. The third-order valence-corrected chi connectivity index (χ3v) is 6.69. The molecule has 0 unspecified atom stereocenters. The molecule has 0 amide bonds. The molecule has 28 heavy (non-hydrogen) atoms. The molecule has 142 valence electrons. The zero-order valence-electron chi connectivity index (χ0n) is 16.3. The minimum Gasteiger partial charge on any atom is -0.399 e. The molecule has 2 aliphatic carbocycles. The van der Waals surface area contributed by atoms with Crippen LogP contribution in [0.25, 0.3) is 0 Å². The monoisotopic (exact) mass is 390 g/mol. The Morgan fingerprint density at radius 2 is 1.79 bits per heavy atom. The van der Waals surface area contributed by atoms with Crippen LogP contribution >= 0.6 is 11.6 Å². The van der Waals surface area contributed by atoms with Gasteiger partial charge in [-0.1, -0.05) is 56.6 Å². The summed E-state index contributed by atoms with van der Waals surface area (Å²) in [6.07, 6.45) is 3.70. The topological polar surface area (TPSA) is 97.4 Å². The fourth-order valence-corrected chi connectivity index (χ4v) is 4.92. The molecule has 5 heteroatoms. The van der Waals surface area contributed by atoms with E-state index in [1.165, 1.54) is 0 Å². The molecule has 0 spiro atoms. The quantitative estimate of drug-likeness (QED) is 0.711. The van der Waals surface area contributed by atoms with Crippen LogP contribution in [0.5, 0.6) is 0 Å². The molecule has 0 saturated carbocycles. The standard InChI is InChI=1S/C23H23ClN4/c1-22(2,3)14-8-9-15-17(10-14)20(16-6-4-5-7-19(16)24)23(12-26,13-27)21(28)18(15)11-25/h4-7,9,14,17,20H,8,10,28H2,1-3H3/t14-,17-,20+/m1/s1. The molecule has 2 N–H and O–H groups in total. The van der Waals surface area contributed by atoms with Gasteiger partial charge in [0, 0.05) is 10.9 Å². The fraction of sp³-hybridized carbons (Fsp3) is 0.435. The van der Waals surface area contributed by atoms with E-state index < -0.39 is 11.3 Å². The summed E-state index contributed by atoms with van der Waals surface area (Å²) in [6.45, 7) is 6.59. The van der Waals surface area contributed by atoms with Crippen LogP contribution in [0.4, 0.5) is 0 Å². The molecule has 0 aliphatic heterocycles. The summed E-state index contributed by atoms with van der Waals surface area (Å²) in [6, 6.07) is 13.8. The van der Waals surface area contributed by atoms with Crippen LogP contribution in [0.1, 0.15) is 45.1 Å². The van der Waals surface area contributed by atoms with Gasteiger partial charge in [0.1, 0.15) is 6.07 Å². The van der Waals surface area contributed by atoms with Crippen molar-refractivity contribution in [3.63, 3.8) is 0 Å². The third kappa shape index (κ3) is 2.88. The summed E-state index contributed by atoms with van der Waals surface area (Å²) < 4.78 is 0. The number of hydrogen-bond donors (Lipinski definition) is 1. The molecule has 1 aromatic carbocycles. The number of nitriles is 3. The second-order valence-corrected chi connectivity index (χ2v) is 9.14. The number of rotatable bonds is 1. The summed E-state index contributed by atoms with van der Waals surface area (Å²) in [5.74, 6) is -0.329. The van der Waals surface area contributed by atoms with Crippen LogP contribution in [0, 0.1) is 56.7 Å². The summed E-state index contributed by atoms with van der Waals surface area (Å²) in [5.41, 5.74) is 6.67. The number of hydrogen-bond acceptors (Lipinski definition) is 4. The van der Waals surface area contributed by atoms with Crippen molar-refractivity contribution < 1.29 is 0 Å². The predicted molar refractivity (Wildman–Crippen MR) is 108 cm³/mol. The molecule has 3 atom stereocenters. The average Bonchev–Trinajstić information content (AvgIpc) is 2.67. The van der Waals surface area contributed by atoms with Gasteiger partial charge in [-0.2, -0.15) is 15.8 Å². The van der Waals surface area contributed by atoms with Crippen molar-refractivity contribution in [2.75, 3.05) is 0 Å². The van der Waals surface area contributed by atoms with Crippen LogP contribution in [0.2, 0.25) is 5.02 Å². The molecule has 3 rings (SSSR count). The van der Waals surface area contributed by atoms with Crippen molar-refractivity contribution in [2.45, 2.75) is 39.5 Å². The summed E-state index contributed by atoms with van der Waals surface area (Å²) in [4.78, 5) is 0. The van der Waals surface area contributed by atoms with E-state index in [-0.39, 0.29) is 22.6 Å². The highest BCUT2D eigenvalue weighted by molar-refractivity contribution is 6.31. The SMILES string of the molecule is CC(C)(C)[C@@H]1CC=C2C(C#N)=C(N)C(C#N)(C#N)[C@@H](c3ccccc3Cl)[C@@H]2C1. The highest BCUT2D eigenvalue weighted by Crippen LogP contribution is 2.58. The molecule has 0 bridgehead atoms. The lowest BCUT2D eigenvalue weighted by atomic mass is 9.54. The average molecular weight is 391 g/mol. The lowest BCUT2D eigenvalue weighted by molar-refractivity contribution is 0.170. The van der Waals surface area contributed by atoms with Crippen LogP contribution in [-0.4, -0.2) is 0 Å². The largest absolute Gasteiger partial charge is 0.399 e. The van der Waals surface area contributed by atoms with Gasteiger partial charge in [-0.25, -0.2) is 0 Å². The normalized spacial score (nSPS) is 26.3. The van der Waals surface area contributed by atoms with Gasteiger partial charge < -0.3 is 5.73 Å². The van der Waals surface area contributed by atoms with E-state index in [2.05, 4.69) is 45.1 Å². The van der Waals surface area contributed by atoms with E-state index in [1.807, 2.05) is 18.2 Å². The van der Waals surface area contributed by atoms with Crippen LogP contribution < -0.4 is 5.73 Å². The molecule has 4 nitrogen and oxygen atoms in total. The molecule has 1 aromatic rings. The van der Waals surface area contributed by atoms with E-state index in [0.29, 0.717) is 10.9 Å². The second-order valence-electron chi connectivity index (χ2n) is 8.73. The summed E-state index contributed by atoms with van der Waals surface area (Å²) >= 11 is 6.51. The highest BCUT2D eigenvalue weighted by Gasteiger charge is 2.55. The van der Waals surface area contributed by atoms with Crippen LogP contribution in [0.3, 0.4) is 0 Å². The lowest BCUT2D eigenvalue weighted by Crippen LogP contribution is -2.44. The molecule has 0 aromatic heterocycles. The Labute approximate surface area is 171 Å². The van der Waals surface area contributed by atoms with Crippen molar-refractivity contribution in [1.29, 1.82) is 15.8 Å². The predicted octanol–water partition coefficient (Wildman–Crippen LogP) is 5.21. The summed E-state index contributed by atoms with van der Waals surface area (Å²) in [5, 5.41) is 30.5. The number of halogens is 1.